The second kappa shape index (κ2) is 5.71. The van der Waals surface area contributed by atoms with Gasteiger partial charge in [-0.1, -0.05) is 36.7 Å². The SMILES string of the molecule is CC(C)(C)c1c(Br)cc(OC(N)=O)cc1CCO. The molecule has 1 aromatic rings. The third-order valence-electron chi connectivity index (χ3n) is 2.49. The first kappa shape index (κ1) is 15.0. The van der Waals surface area contributed by atoms with Crippen molar-refractivity contribution in [3.8, 4) is 5.75 Å². The first-order valence-electron chi connectivity index (χ1n) is 5.66. The molecular formula is C13H18BrNO3. The van der Waals surface area contributed by atoms with E-state index in [9.17, 15) is 4.79 Å². The van der Waals surface area contributed by atoms with Crippen molar-refractivity contribution in [2.24, 2.45) is 5.73 Å². The van der Waals surface area contributed by atoms with Crippen LogP contribution in [0.25, 0.3) is 0 Å². The predicted octanol–water partition coefficient (Wildman–Crippen LogP) is 2.74. The Morgan fingerprint density at radius 1 is 1.44 bits per heavy atom. The third kappa shape index (κ3) is 3.71. The highest BCUT2D eigenvalue weighted by atomic mass is 79.9. The summed E-state index contributed by atoms with van der Waals surface area (Å²) in [6, 6.07) is 3.46. The average Bonchev–Trinajstić information content (AvgIpc) is 2.13. The lowest BCUT2D eigenvalue weighted by molar-refractivity contribution is 0.211. The number of aliphatic hydroxyl groups is 1. The molecule has 0 spiro atoms. The lowest BCUT2D eigenvalue weighted by atomic mass is 9.83. The van der Waals surface area contributed by atoms with Crippen molar-refractivity contribution < 1.29 is 14.6 Å². The molecule has 0 aromatic heterocycles. The van der Waals surface area contributed by atoms with Crippen LogP contribution in [0.1, 0.15) is 31.9 Å². The number of benzene rings is 1. The molecule has 0 saturated heterocycles. The maximum absolute atomic E-state index is 10.8. The minimum atomic E-state index is -0.847. The Kier molecular flexibility index (Phi) is 4.76. The zero-order valence-corrected chi connectivity index (χ0v) is 12.4. The summed E-state index contributed by atoms with van der Waals surface area (Å²) >= 11 is 3.48. The number of rotatable bonds is 3. The molecule has 0 aliphatic carbocycles. The van der Waals surface area contributed by atoms with E-state index in [1.165, 1.54) is 0 Å². The van der Waals surface area contributed by atoms with Crippen molar-refractivity contribution >= 4 is 22.0 Å². The summed E-state index contributed by atoms with van der Waals surface area (Å²) in [5.41, 5.74) is 6.95. The molecule has 0 aliphatic rings. The number of hydrogen-bond acceptors (Lipinski definition) is 3. The largest absolute Gasteiger partial charge is 0.410 e. The highest BCUT2D eigenvalue weighted by molar-refractivity contribution is 9.10. The monoisotopic (exact) mass is 315 g/mol. The fraction of sp³-hybridized carbons (Fsp3) is 0.462. The van der Waals surface area contributed by atoms with Crippen LogP contribution in [0, 0.1) is 0 Å². The third-order valence-corrected chi connectivity index (χ3v) is 3.12. The molecule has 18 heavy (non-hydrogen) atoms. The van der Waals surface area contributed by atoms with Crippen LogP contribution < -0.4 is 10.5 Å². The van der Waals surface area contributed by atoms with Gasteiger partial charge < -0.3 is 15.6 Å². The minimum absolute atomic E-state index is 0.0372. The normalized spacial score (nSPS) is 11.4. The minimum Gasteiger partial charge on any atom is -0.410 e. The highest BCUT2D eigenvalue weighted by Crippen LogP contribution is 2.36. The molecule has 0 bridgehead atoms. The number of ether oxygens (including phenoxy) is 1. The summed E-state index contributed by atoms with van der Waals surface area (Å²) < 4.78 is 5.72. The van der Waals surface area contributed by atoms with E-state index < -0.39 is 6.09 Å². The summed E-state index contributed by atoms with van der Waals surface area (Å²) in [5.74, 6) is 0.380. The Balaban J connectivity index is 3.31. The van der Waals surface area contributed by atoms with Crippen LogP contribution in [-0.2, 0) is 11.8 Å². The predicted molar refractivity (Wildman–Crippen MR) is 73.8 cm³/mol. The van der Waals surface area contributed by atoms with Crippen LogP contribution >= 0.6 is 15.9 Å². The Morgan fingerprint density at radius 2 is 2.06 bits per heavy atom. The quantitative estimate of drug-likeness (QED) is 0.900. The van der Waals surface area contributed by atoms with E-state index in [0.717, 1.165) is 15.6 Å². The van der Waals surface area contributed by atoms with Gasteiger partial charge in [0.2, 0.25) is 0 Å². The summed E-state index contributed by atoms with van der Waals surface area (Å²) in [5, 5.41) is 9.13. The van der Waals surface area contributed by atoms with Crippen LogP contribution in [0.5, 0.6) is 5.75 Å². The van der Waals surface area contributed by atoms with Gasteiger partial charge in [-0.15, -0.1) is 0 Å². The number of aliphatic hydroxyl groups excluding tert-OH is 1. The van der Waals surface area contributed by atoms with Gasteiger partial charge in [0, 0.05) is 11.1 Å². The van der Waals surface area contributed by atoms with Crippen LogP contribution in [0.3, 0.4) is 0 Å². The van der Waals surface area contributed by atoms with Gasteiger partial charge in [0.15, 0.2) is 0 Å². The number of primary amides is 1. The zero-order valence-electron chi connectivity index (χ0n) is 10.8. The fourth-order valence-corrected chi connectivity index (χ4v) is 3.04. The second-order valence-electron chi connectivity index (χ2n) is 5.08. The van der Waals surface area contributed by atoms with Crippen molar-refractivity contribution in [1.82, 2.24) is 0 Å². The Bertz CT molecular complexity index is 452. The highest BCUT2D eigenvalue weighted by Gasteiger charge is 2.22. The Hall–Kier alpha value is -1.07. The Morgan fingerprint density at radius 3 is 2.50 bits per heavy atom. The number of carbonyl (C=O) groups excluding carboxylic acids is 1. The van der Waals surface area contributed by atoms with Gasteiger partial charge in [0.1, 0.15) is 5.75 Å². The smallest absolute Gasteiger partial charge is 0.409 e. The molecule has 0 unspecified atom stereocenters. The molecule has 0 saturated carbocycles. The molecule has 1 rings (SSSR count). The van der Waals surface area contributed by atoms with E-state index in [1.54, 1.807) is 12.1 Å². The molecule has 4 nitrogen and oxygen atoms in total. The van der Waals surface area contributed by atoms with Crippen LogP contribution in [-0.4, -0.2) is 17.8 Å². The van der Waals surface area contributed by atoms with Gasteiger partial charge in [0.25, 0.3) is 0 Å². The zero-order chi connectivity index (χ0) is 13.9. The number of amides is 1. The molecule has 0 radical (unpaired) electrons. The number of nitrogens with two attached hydrogens (primary N) is 1. The van der Waals surface area contributed by atoms with Gasteiger partial charge in [-0.05, 0) is 35.1 Å². The molecule has 100 valence electrons. The van der Waals surface area contributed by atoms with E-state index in [1.807, 2.05) is 0 Å². The Labute approximate surface area is 115 Å². The van der Waals surface area contributed by atoms with Crippen LogP contribution in [0.15, 0.2) is 16.6 Å². The molecule has 1 aromatic carbocycles. The molecule has 1 amide bonds. The fourth-order valence-electron chi connectivity index (χ4n) is 1.97. The van der Waals surface area contributed by atoms with Gasteiger partial charge in [-0.2, -0.15) is 0 Å². The lowest BCUT2D eigenvalue weighted by Crippen LogP contribution is -2.19. The summed E-state index contributed by atoms with van der Waals surface area (Å²) in [7, 11) is 0. The molecule has 3 N–H and O–H groups in total. The van der Waals surface area contributed by atoms with Gasteiger partial charge in [0.05, 0.1) is 0 Å². The average molecular weight is 316 g/mol. The van der Waals surface area contributed by atoms with E-state index in [0.29, 0.717) is 12.2 Å². The molecule has 0 fully saturated rings. The summed E-state index contributed by atoms with van der Waals surface area (Å²) in [4.78, 5) is 10.8. The first-order valence-corrected chi connectivity index (χ1v) is 6.46. The van der Waals surface area contributed by atoms with Crippen molar-refractivity contribution in [1.29, 1.82) is 0 Å². The lowest BCUT2D eigenvalue weighted by Gasteiger charge is -2.25. The second-order valence-corrected chi connectivity index (χ2v) is 5.94. The van der Waals surface area contributed by atoms with E-state index in [2.05, 4.69) is 36.7 Å². The summed E-state index contributed by atoms with van der Waals surface area (Å²) in [6.07, 6.45) is -0.346. The number of hydrogen-bond donors (Lipinski definition) is 2. The van der Waals surface area contributed by atoms with Crippen molar-refractivity contribution in [3.05, 3.63) is 27.7 Å². The molecule has 0 heterocycles. The summed E-state index contributed by atoms with van der Waals surface area (Å²) in [6.45, 7) is 6.29. The number of halogens is 1. The standard InChI is InChI=1S/C13H18BrNO3/c1-13(2,3)11-8(4-5-16)6-9(7-10(11)14)18-12(15)17/h6-7,16H,4-5H2,1-3H3,(H2,15,17). The van der Waals surface area contributed by atoms with Gasteiger partial charge in [-0.3, -0.25) is 0 Å². The van der Waals surface area contributed by atoms with Crippen molar-refractivity contribution in [2.45, 2.75) is 32.6 Å². The maximum Gasteiger partial charge on any atom is 0.409 e. The van der Waals surface area contributed by atoms with Crippen LogP contribution in [0.4, 0.5) is 4.79 Å². The maximum atomic E-state index is 10.8. The van der Waals surface area contributed by atoms with E-state index in [-0.39, 0.29) is 12.0 Å². The van der Waals surface area contributed by atoms with Crippen molar-refractivity contribution in [3.63, 3.8) is 0 Å². The first-order chi connectivity index (χ1) is 8.25. The topological polar surface area (TPSA) is 72.5 Å². The van der Waals surface area contributed by atoms with Gasteiger partial charge >= 0.3 is 6.09 Å². The molecule has 0 atom stereocenters. The van der Waals surface area contributed by atoms with Crippen LogP contribution in [0.2, 0.25) is 0 Å². The molecule has 0 aliphatic heterocycles. The van der Waals surface area contributed by atoms with E-state index in [4.69, 9.17) is 15.6 Å². The van der Waals surface area contributed by atoms with Crippen molar-refractivity contribution in [2.75, 3.05) is 6.61 Å². The van der Waals surface area contributed by atoms with E-state index >= 15 is 0 Å². The number of carbonyl (C=O) groups is 1. The molecule has 5 heteroatoms. The van der Waals surface area contributed by atoms with Gasteiger partial charge in [-0.25, -0.2) is 4.79 Å². The molecular weight excluding hydrogens is 298 g/mol.